The molecule has 0 aliphatic carbocycles. The predicted octanol–water partition coefficient (Wildman–Crippen LogP) is 1.16. The molecule has 0 N–H and O–H groups in total. The van der Waals surface area contributed by atoms with Crippen molar-refractivity contribution in [3.8, 4) is 0 Å². The van der Waals surface area contributed by atoms with Crippen LogP contribution in [-0.4, -0.2) is 27.3 Å². The normalized spacial score (nSPS) is 13.6. The molecule has 0 saturated carbocycles. The molecule has 7 nitrogen and oxygen atoms in total. The molecule has 140 valence electrons. The van der Waals surface area contributed by atoms with E-state index < -0.39 is 21.8 Å². The number of sulfonamides is 1. The Kier molecular flexibility index (Phi) is 5.18. The van der Waals surface area contributed by atoms with Crippen molar-refractivity contribution >= 4 is 27.5 Å². The minimum atomic E-state index is -3.86. The summed E-state index contributed by atoms with van der Waals surface area (Å²) in [6.07, 6.45) is 2.97. The van der Waals surface area contributed by atoms with Crippen molar-refractivity contribution in [3.63, 3.8) is 0 Å². The lowest BCUT2D eigenvalue weighted by Crippen LogP contribution is -2.36. The molecule has 0 radical (unpaired) electrons. The Morgan fingerprint density at radius 3 is 2.37 bits per heavy atom. The number of anilines is 1. The highest BCUT2D eigenvalue weighted by atomic mass is 32.2. The fraction of sp³-hybridized carbons (Fsp3) is 0.263. The largest absolute Gasteiger partial charge is 0.338 e. The van der Waals surface area contributed by atoms with Gasteiger partial charge in [-0.1, -0.05) is 25.5 Å². The van der Waals surface area contributed by atoms with Gasteiger partial charge < -0.3 is 0 Å². The molecule has 8 heteroatoms. The summed E-state index contributed by atoms with van der Waals surface area (Å²) < 4.78 is 27.2. The third-order valence-electron chi connectivity index (χ3n) is 4.33. The van der Waals surface area contributed by atoms with Crippen LogP contribution in [0.15, 0.2) is 57.3 Å². The van der Waals surface area contributed by atoms with E-state index in [1.165, 1.54) is 29.6 Å². The molecule has 1 aliphatic rings. The van der Waals surface area contributed by atoms with E-state index in [4.69, 9.17) is 0 Å². The molecular weight excluding hydrogens is 366 g/mol. The molecule has 1 aliphatic heterocycles. The van der Waals surface area contributed by atoms with Crippen molar-refractivity contribution in [2.24, 2.45) is 9.98 Å². The second-order valence-electron chi connectivity index (χ2n) is 6.23. The number of unbranched alkanes of at least 4 members (excludes halogenated alkanes) is 1. The monoisotopic (exact) mass is 385 g/mol. The maximum atomic E-state index is 13.0. The molecule has 1 heterocycles. The van der Waals surface area contributed by atoms with Gasteiger partial charge in [-0.25, -0.2) is 18.4 Å². The van der Waals surface area contributed by atoms with Gasteiger partial charge in [0.05, 0.1) is 21.3 Å². The number of carbonyl (C=O) groups is 2. The van der Waals surface area contributed by atoms with Crippen molar-refractivity contribution < 1.29 is 18.0 Å². The van der Waals surface area contributed by atoms with Crippen molar-refractivity contribution in [3.05, 3.63) is 58.7 Å². The van der Waals surface area contributed by atoms with E-state index in [2.05, 4.69) is 16.9 Å². The highest BCUT2D eigenvalue weighted by molar-refractivity contribution is 7.92. The summed E-state index contributed by atoms with van der Waals surface area (Å²) in [6.45, 7) is 2.10. The third kappa shape index (κ3) is 3.80. The first-order valence-electron chi connectivity index (χ1n) is 8.56. The predicted molar refractivity (Wildman–Crippen MR) is 99.4 cm³/mol. The maximum absolute atomic E-state index is 13.0. The molecule has 0 atom stereocenters. The summed E-state index contributed by atoms with van der Waals surface area (Å²) in [5, 5.41) is 0.258. The van der Waals surface area contributed by atoms with E-state index >= 15 is 0 Å². The van der Waals surface area contributed by atoms with Crippen LogP contribution in [0.5, 0.6) is 0 Å². The van der Waals surface area contributed by atoms with Crippen molar-refractivity contribution in [2.45, 2.75) is 31.1 Å². The lowest BCUT2D eigenvalue weighted by molar-refractivity contribution is -0.135. The van der Waals surface area contributed by atoms with Gasteiger partial charge in [-0.15, -0.1) is 0 Å². The van der Waals surface area contributed by atoms with Crippen LogP contribution < -0.4 is 15.0 Å². The molecular formula is C19H19N3O4S. The first-order chi connectivity index (χ1) is 12.8. The van der Waals surface area contributed by atoms with Gasteiger partial charge in [0.15, 0.2) is 0 Å². The second-order valence-corrected chi connectivity index (χ2v) is 8.20. The third-order valence-corrected chi connectivity index (χ3v) is 6.11. The molecule has 0 fully saturated rings. The van der Waals surface area contributed by atoms with Crippen molar-refractivity contribution in [1.29, 1.82) is 0 Å². The molecule has 2 amide bonds. The molecule has 0 bridgehead atoms. The highest BCUT2D eigenvalue weighted by Gasteiger charge is 2.23. The molecule has 0 spiro atoms. The number of nitrogens with zero attached hydrogens (tertiary/aromatic N) is 3. The maximum Gasteiger partial charge on any atom is 0.338 e. The van der Waals surface area contributed by atoms with E-state index in [9.17, 15) is 18.0 Å². The molecule has 0 unspecified atom stereocenters. The van der Waals surface area contributed by atoms with Crippen LogP contribution in [0, 0.1) is 0 Å². The standard InChI is InChI=1S/C19H19N3O4S/c1-3-4-6-13-7-5-8-14(11-13)22(2)27(25,26)15-9-10-16-17(12-15)21-19(24)18(23)20-16/h5,7-12H,3-4,6H2,1-2H3. The van der Waals surface area contributed by atoms with Gasteiger partial charge in [-0.2, -0.15) is 0 Å². The first-order valence-corrected chi connectivity index (χ1v) is 10.0. The van der Waals surface area contributed by atoms with E-state index in [1.807, 2.05) is 18.2 Å². The number of aryl methyl sites for hydroxylation is 1. The summed E-state index contributed by atoms with van der Waals surface area (Å²) in [5.74, 6) is -1.96. The van der Waals surface area contributed by atoms with Gasteiger partial charge in [-0.05, 0) is 48.7 Å². The number of benzene rings is 2. The number of carbonyl (C=O) groups excluding carboxylic acids is 2. The van der Waals surface area contributed by atoms with Crippen molar-refractivity contribution in [2.75, 3.05) is 11.4 Å². The van der Waals surface area contributed by atoms with Crippen LogP contribution in [0.1, 0.15) is 25.3 Å². The van der Waals surface area contributed by atoms with Crippen molar-refractivity contribution in [1.82, 2.24) is 0 Å². The molecule has 2 aromatic rings. The Balaban J connectivity index is 1.99. The van der Waals surface area contributed by atoms with Gasteiger partial charge in [0, 0.05) is 7.05 Å². The Bertz CT molecular complexity index is 1140. The number of amides is 2. The van der Waals surface area contributed by atoms with E-state index in [0.717, 1.165) is 24.8 Å². The average molecular weight is 385 g/mol. The van der Waals surface area contributed by atoms with Crippen LogP contribution in [0.25, 0.3) is 0 Å². The lowest BCUT2D eigenvalue weighted by atomic mass is 10.1. The minimum Gasteiger partial charge on any atom is -0.269 e. The molecule has 0 saturated heterocycles. The van der Waals surface area contributed by atoms with Gasteiger partial charge in [-0.3, -0.25) is 13.9 Å². The smallest absolute Gasteiger partial charge is 0.269 e. The zero-order valence-electron chi connectivity index (χ0n) is 15.0. The van der Waals surface area contributed by atoms with Gasteiger partial charge in [0.1, 0.15) is 0 Å². The summed E-state index contributed by atoms with van der Waals surface area (Å²) in [6, 6.07) is 11.4. The molecule has 2 aromatic carbocycles. The highest BCUT2D eigenvalue weighted by Crippen LogP contribution is 2.22. The fourth-order valence-corrected chi connectivity index (χ4v) is 3.96. The van der Waals surface area contributed by atoms with Crippen LogP contribution >= 0.6 is 0 Å². The van der Waals surface area contributed by atoms with Crippen LogP contribution in [-0.2, 0) is 26.0 Å². The Labute approximate surface area is 157 Å². The average Bonchev–Trinajstić information content (AvgIpc) is 2.66. The Morgan fingerprint density at radius 2 is 1.67 bits per heavy atom. The lowest BCUT2D eigenvalue weighted by Gasteiger charge is -2.20. The number of rotatable bonds is 6. The number of hydrogen-bond acceptors (Lipinski definition) is 4. The fourth-order valence-electron chi connectivity index (χ4n) is 2.75. The molecule has 27 heavy (non-hydrogen) atoms. The SMILES string of the molecule is CCCCc1cccc(N(C)S(=O)(=O)c2ccc3c(c2)=NC(=O)C(=O)N=3)c1. The van der Waals surface area contributed by atoms with E-state index in [0.29, 0.717) is 5.69 Å². The van der Waals surface area contributed by atoms with Gasteiger partial charge >= 0.3 is 11.8 Å². The first kappa shape index (κ1) is 18.9. The van der Waals surface area contributed by atoms with Gasteiger partial charge in [0.25, 0.3) is 10.0 Å². The Hall–Kier alpha value is -2.87. The zero-order valence-corrected chi connectivity index (χ0v) is 15.9. The summed E-state index contributed by atoms with van der Waals surface area (Å²) in [7, 11) is -2.38. The van der Waals surface area contributed by atoms with E-state index in [1.54, 1.807) is 6.07 Å². The molecule has 3 rings (SSSR count). The van der Waals surface area contributed by atoms with Crippen LogP contribution in [0.2, 0.25) is 0 Å². The van der Waals surface area contributed by atoms with Gasteiger partial charge in [0.2, 0.25) is 0 Å². The number of hydrogen-bond donors (Lipinski definition) is 0. The zero-order chi connectivity index (χ0) is 19.6. The topological polar surface area (TPSA) is 96.2 Å². The quantitative estimate of drug-likeness (QED) is 0.697. The summed E-state index contributed by atoms with van der Waals surface area (Å²) in [5.41, 5.74) is 1.62. The molecule has 0 aromatic heterocycles. The van der Waals surface area contributed by atoms with E-state index in [-0.39, 0.29) is 15.6 Å². The minimum absolute atomic E-state index is 0.0242. The number of fused-ring (bicyclic) bond motifs is 1. The summed E-state index contributed by atoms with van der Waals surface area (Å²) >= 11 is 0. The van der Waals surface area contributed by atoms with Crippen LogP contribution in [0.4, 0.5) is 5.69 Å². The Morgan fingerprint density at radius 1 is 0.963 bits per heavy atom. The summed E-state index contributed by atoms with van der Waals surface area (Å²) in [4.78, 5) is 29.9. The van der Waals surface area contributed by atoms with Crippen LogP contribution in [0.3, 0.4) is 0 Å². The second kappa shape index (κ2) is 7.40.